The highest BCUT2D eigenvalue weighted by atomic mass is 16.7. The number of benzene rings is 3. The van der Waals surface area contributed by atoms with Crippen molar-refractivity contribution in [1.29, 1.82) is 0 Å². The van der Waals surface area contributed by atoms with Crippen molar-refractivity contribution in [1.82, 2.24) is 0 Å². The Kier molecular flexibility index (Phi) is 9.98. The van der Waals surface area contributed by atoms with Crippen LogP contribution >= 0.6 is 0 Å². The molecule has 0 amide bonds. The summed E-state index contributed by atoms with van der Waals surface area (Å²) in [6.07, 6.45) is -0.513. The van der Waals surface area contributed by atoms with Gasteiger partial charge in [-0.15, -0.1) is 0 Å². The van der Waals surface area contributed by atoms with Crippen molar-refractivity contribution < 1.29 is 28.4 Å². The molecule has 1 saturated heterocycles. The molecule has 0 aromatic heterocycles. The second-order valence-electron chi connectivity index (χ2n) is 15.4. The van der Waals surface area contributed by atoms with Crippen LogP contribution in [0.15, 0.2) is 82.8 Å². The third-order valence-corrected chi connectivity index (χ3v) is 9.32. The largest absolute Gasteiger partial charge is 0.489 e. The zero-order valence-electron chi connectivity index (χ0n) is 29.5. The van der Waals surface area contributed by atoms with Gasteiger partial charge in [-0.05, 0) is 46.6 Å². The number of hydrogen-bond acceptors (Lipinski definition) is 8. The Bertz CT molecular complexity index is 1530. The summed E-state index contributed by atoms with van der Waals surface area (Å²) >= 11 is 0. The maximum Gasteiger partial charge on any atom is 0.204 e. The molecule has 2 atom stereocenters. The molecule has 3 aliphatic heterocycles. The van der Waals surface area contributed by atoms with Crippen LogP contribution in [0.25, 0.3) is 0 Å². The topological polar surface area (TPSA) is 80.1 Å². The lowest BCUT2D eigenvalue weighted by atomic mass is 9.86. The zero-order valence-corrected chi connectivity index (χ0v) is 29.5. The first-order valence-electron chi connectivity index (χ1n) is 17.0. The van der Waals surface area contributed by atoms with E-state index in [0.717, 1.165) is 28.0 Å². The highest BCUT2D eigenvalue weighted by Crippen LogP contribution is 2.41. The summed E-state index contributed by atoms with van der Waals surface area (Å²) in [7, 11) is 0. The summed E-state index contributed by atoms with van der Waals surface area (Å²) in [6.45, 7) is 18.4. The van der Waals surface area contributed by atoms with Gasteiger partial charge in [-0.3, -0.25) is 0 Å². The van der Waals surface area contributed by atoms with Crippen LogP contribution in [0.2, 0.25) is 0 Å². The SMILES string of the molecule is Cc1ccc(COc2ccc(COCc3ccc(C4OCC(C5=N[C@@H](C(C)(C)C)CO5)(C5=N[C@@H](C(C)(C)C)CO5)CO4)cc3)cc2)cc1. The molecule has 256 valence electrons. The summed E-state index contributed by atoms with van der Waals surface area (Å²) in [4.78, 5) is 10.1. The molecule has 0 aliphatic carbocycles. The molecule has 8 heteroatoms. The molecule has 0 bridgehead atoms. The summed E-state index contributed by atoms with van der Waals surface area (Å²) in [5, 5.41) is 0. The third-order valence-electron chi connectivity index (χ3n) is 9.32. The lowest BCUT2D eigenvalue weighted by molar-refractivity contribution is -0.209. The van der Waals surface area contributed by atoms with E-state index in [4.69, 9.17) is 38.4 Å². The Morgan fingerprint density at radius 1 is 0.646 bits per heavy atom. The van der Waals surface area contributed by atoms with Crippen LogP contribution in [0.5, 0.6) is 5.75 Å². The molecule has 0 saturated carbocycles. The third kappa shape index (κ3) is 7.94. The van der Waals surface area contributed by atoms with Crippen molar-refractivity contribution in [2.24, 2.45) is 26.2 Å². The van der Waals surface area contributed by atoms with Crippen LogP contribution in [0, 0.1) is 23.2 Å². The Balaban J connectivity index is 1.03. The van der Waals surface area contributed by atoms with Gasteiger partial charge < -0.3 is 28.4 Å². The fourth-order valence-corrected chi connectivity index (χ4v) is 5.81. The number of ether oxygens (including phenoxy) is 6. The van der Waals surface area contributed by atoms with Gasteiger partial charge in [0.1, 0.15) is 25.6 Å². The molecule has 0 spiro atoms. The average molecular weight is 655 g/mol. The van der Waals surface area contributed by atoms with Crippen LogP contribution in [-0.2, 0) is 43.5 Å². The lowest BCUT2D eigenvalue weighted by Gasteiger charge is -2.38. The Hall–Kier alpha value is -3.72. The van der Waals surface area contributed by atoms with Crippen molar-refractivity contribution in [3.05, 3.63) is 101 Å². The van der Waals surface area contributed by atoms with E-state index in [2.05, 4.69) is 84.9 Å². The van der Waals surface area contributed by atoms with Gasteiger partial charge >= 0.3 is 0 Å². The predicted octanol–water partition coefficient (Wildman–Crippen LogP) is 8.01. The highest BCUT2D eigenvalue weighted by Gasteiger charge is 2.54. The van der Waals surface area contributed by atoms with E-state index in [9.17, 15) is 0 Å². The fraction of sp³-hybridized carbons (Fsp3) is 0.500. The van der Waals surface area contributed by atoms with Crippen molar-refractivity contribution in [3.8, 4) is 5.75 Å². The molecular weight excluding hydrogens is 604 g/mol. The smallest absolute Gasteiger partial charge is 0.204 e. The quantitative estimate of drug-likeness (QED) is 0.220. The van der Waals surface area contributed by atoms with E-state index in [-0.39, 0.29) is 22.9 Å². The molecule has 3 aromatic rings. The fourth-order valence-electron chi connectivity index (χ4n) is 5.81. The minimum Gasteiger partial charge on any atom is -0.489 e. The van der Waals surface area contributed by atoms with Crippen molar-refractivity contribution in [2.45, 2.75) is 86.7 Å². The number of hydrogen-bond donors (Lipinski definition) is 0. The van der Waals surface area contributed by atoms with E-state index in [0.29, 0.717) is 58.0 Å². The van der Waals surface area contributed by atoms with Crippen molar-refractivity contribution >= 4 is 11.8 Å². The van der Waals surface area contributed by atoms with E-state index in [1.807, 2.05) is 36.4 Å². The Morgan fingerprint density at radius 3 is 1.58 bits per heavy atom. The molecule has 3 aromatic carbocycles. The molecule has 8 nitrogen and oxygen atoms in total. The predicted molar refractivity (Wildman–Crippen MR) is 187 cm³/mol. The molecule has 3 aliphatic rings. The molecule has 6 rings (SSSR count). The zero-order chi connectivity index (χ0) is 33.9. The molecule has 48 heavy (non-hydrogen) atoms. The van der Waals surface area contributed by atoms with Gasteiger partial charge in [0, 0.05) is 5.56 Å². The van der Waals surface area contributed by atoms with Gasteiger partial charge in [0.15, 0.2) is 11.7 Å². The monoisotopic (exact) mass is 654 g/mol. The van der Waals surface area contributed by atoms with Crippen LogP contribution < -0.4 is 4.74 Å². The van der Waals surface area contributed by atoms with Crippen LogP contribution in [0.1, 0.15) is 75.6 Å². The van der Waals surface area contributed by atoms with Gasteiger partial charge in [0.25, 0.3) is 0 Å². The maximum absolute atomic E-state index is 6.40. The molecule has 0 N–H and O–H groups in total. The normalized spacial score (nSPS) is 21.3. The van der Waals surface area contributed by atoms with E-state index >= 15 is 0 Å². The van der Waals surface area contributed by atoms with Gasteiger partial charge in [0.2, 0.25) is 11.8 Å². The van der Waals surface area contributed by atoms with E-state index < -0.39 is 11.7 Å². The van der Waals surface area contributed by atoms with Gasteiger partial charge in [-0.1, -0.05) is 108 Å². The summed E-state index contributed by atoms with van der Waals surface area (Å²) in [5.41, 5.74) is 4.64. The van der Waals surface area contributed by atoms with Crippen molar-refractivity contribution in [3.63, 3.8) is 0 Å². The Morgan fingerprint density at radius 2 is 1.10 bits per heavy atom. The first-order valence-corrected chi connectivity index (χ1v) is 17.0. The van der Waals surface area contributed by atoms with Gasteiger partial charge in [-0.2, -0.15) is 0 Å². The molecule has 0 radical (unpaired) electrons. The van der Waals surface area contributed by atoms with Crippen molar-refractivity contribution in [2.75, 3.05) is 26.4 Å². The van der Waals surface area contributed by atoms with Gasteiger partial charge in [0.05, 0.1) is 38.5 Å². The van der Waals surface area contributed by atoms with Gasteiger partial charge in [-0.25, -0.2) is 9.98 Å². The second-order valence-corrected chi connectivity index (χ2v) is 15.4. The number of aryl methyl sites for hydroxylation is 1. The summed E-state index contributed by atoms with van der Waals surface area (Å²) in [5.74, 6) is 2.05. The standard InChI is InChI=1S/C40H50N2O6/c1-27-8-10-30(11-9-27)22-44-32-18-14-29(15-19-32)21-43-20-28-12-16-31(17-13-28)35-47-25-40(26-48-35,36-41-33(23-45-36)38(2,3)4)37-42-34(24-46-37)39(5,6)7/h8-19,33-35H,20-26H2,1-7H3/t33-,34-/m1/s1. The molecular formula is C40H50N2O6. The first kappa shape index (κ1) is 34.2. The Labute approximate surface area is 285 Å². The molecule has 1 fully saturated rings. The lowest BCUT2D eigenvalue weighted by Crippen LogP contribution is -2.51. The summed E-state index contributed by atoms with van der Waals surface area (Å²) < 4.78 is 37.2. The van der Waals surface area contributed by atoms with Crippen LogP contribution in [0.3, 0.4) is 0 Å². The second kappa shape index (κ2) is 14.0. The number of aliphatic imine (C=N–C) groups is 2. The van der Waals surface area contributed by atoms with E-state index in [1.165, 1.54) is 5.56 Å². The minimum absolute atomic E-state index is 0.0265. The molecule has 0 unspecified atom stereocenters. The first-order chi connectivity index (χ1) is 22.9. The maximum atomic E-state index is 6.40. The molecule has 3 heterocycles. The van der Waals surface area contributed by atoms with Crippen LogP contribution in [-0.4, -0.2) is 50.3 Å². The number of nitrogens with zero attached hydrogens (tertiary/aromatic N) is 2. The number of rotatable bonds is 10. The van der Waals surface area contributed by atoms with Crippen LogP contribution in [0.4, 0.5) is 0 Å². The van der Waals surface area contributed by atoms with E-state index in [1.54, 1.807) is 0 Å². The average Bonchev–Trinajstić information content (AvgIpc) is 3.78. The highest BCUT2D eigenvalue weighted by molar-refractivity contribution is 6.06. The minimum atomic E-state index is -0.810. The summed E-state index contributed by atoms with van der Waals surface area (Å²) in [6, 6.07) is 24.7.